The van der Waals surface area contributed by atoms with E-state index in [0.717, 1.165) is 5.69 Å². The summed E-state index contributed by atoms with van der Waals surface area (Å²) < 4.78 is 5.62. The Labute approximate surface area is 142 Å². The maximum atomic E-state index is 12.4. The molecule has 0 heterocycles. The Kier molecular flexibility index (Phi) is 5.88. The van der Waals surface area contributed by atoms with Crippen LogP contribution in [0.1, 0.15) is 10.4 Å². The SMILES string of the molecule is CN(CCOc1cccc(Cl)c1)C(=O)c1cccc(N(C)C)c1. The highest BCUT2D eigenvalue weighted by Gasteiger charge is 2.12. The lowest BCUT2D eigenvalue weighted by molar-refractivity contribution is 0.0774. The molecule has 0 aliphatic heterocycles. The Balaban J connectivity index is 1.91. The Morgan fingerprint density at radius 1 is 1.09 bits per heavy atom. The van der Waals surface area contributed by atoms with Gasteiger partial charge in [-0.25, -0.2) is 0 Å². The number of benzene rings is 2. The van der Waals surface area contributed by atoms with Crippen LogP contribution in [0.15, 0.2) is 48.5 Å². The van der Waals surface area contributed by atoms with Gasteiger partial charge in [0.1, 0.15) is 12.4 Å². The topological polar surface area (TPSA) is 32.8 Å². The highest BCUT2D eigenvalue weighted by Crippen LogP contribution is 2.17. The fourth-order valence-electron chi connectivity index (χ4n) is 2.10. The standard InChI is InChI=1S/C18H21ClN2O2/c1-20(2)16-8-4-6-14(12-16)18(22)21(3)10-11-23-17-9-5-7-15(19)13-17/h4-9,12-13H,10-11H2,1-3H3. The van der Waals surface area contributed by atoms with Crippen molar-refractivity contribution in [1.29, 1.82) is 0 Å². The summed E-state index contributed by atoms with van der Waals surface area (Å²) in [6.45, 7) is 0.910. The second kappa shape index (κ2) is 7.88. The van der Waals surface area contributed by atoms with Crippen molar-refractivity contribution in [2.45, 2.75) is 0 Å². The molecule has 5 heteroatoms. The first kappa shape index (κ1) is 17.2. The Hall–Kier alpha value is -2.20. The molecule has 1 amide bonds. The molecule has 2 rings (SSSR count). The normalized spacial score (nSPS) is 10.3. The number of ether oxygens (including phenoxy) is 1. The Bertz CT molecular complexity index is 674. The molecule has 0 saturated carbocycles. The maximum Gasteiger partial charge on any atom is 0.253 e. The van der Waals surface area contributed by atoms with Gasteiger partial charge < -0.3 is 14.5 Å². The van der Waals surface area contributed by atoms with Crippen molar-refractivity contribution in [3.05, 3.63) is 59.1 Å². The summed E-state index contributed by atoms with van der Waals surface area (Å²) in [7, 11) is 5.67. The predicted molar refractivity (Wildman–Crippen MR) is 94.7 cm³/mol. The zero-order valence-electron chi connectivity index (χ0n) is 13.6. The van der Waals surface area contributed by atoms with Gasteiger partial charge in [0, 0.05) is 37.4 Å². The van der Waals surface area contributed by atoms with E-state index in [9.17, 15) is 4.79 Å². The van der Waals surface area contributed by atoms with E-state index in [2.05, 4.69) is 0 Å². The van der Waals surface area contributed by atoms with Gasteiger partial charge >= 0.3 is 0 Å². The van der Waals surface area contributed by atoms with E-state index in [1.807, 2.05) is 55.4 Å². The van der Waals surface area contributed by atoms with Gasteiger partial charge in [0.25, 0.3) is 5.91 Å². The lowest BCUT2D eigenvalue weighted by atomic mass is 10.1. The van der Waals surface area contributed by atoms with Crippen LogP contribution in [-0.4, -0.2) is 45.1 Å². The van der Waals surface area contributed by atoms with Crippen molar-refractivity contribution >= 4 is 23.2 Å². The smallest absolute Gasteiger partial charge is 0.253 e. The molecule has 0 fully saturated rings. The summed E-state index contributed by atoms with van der Waals surface area (Å²) in [5.74, 6) is 0.677. The van der Waals surface area contributed by atoms with Gasteiger partial charge in [-0.1, -0.05) is 23.7 Å². The second-order valence-electron chi connectivity index (χ2n) is 5.48. The molecule has 0 atom stereocenters. The minimum absolute atomic E-state index is 0.0246. The lowest BCUT2D eigenvalue weighted by Crippen LogP contribution is -2.31. The first-order chi connectivity index (χ1) is 11.0. The van der Waals surface area contributed by atoms with Crippen molar-refractivity contribution in [2.75, 3.05) is 39.2 Å². The third-order valence-electron chi connectivity index (χ3n) is 3.45. The zero-order chi connectivity index (χ0) is 16.8. The minimum Gasteiger partial charge on any atom is -0.492 e. The van der Waals surface area contributed by atoms with Crippen LogP contribution < -0.4 is 9.64 Å². The molecule has 122 valence electrons. The average molecular weight is 333 g/mol. The molecule has 2 aromatic carbocycles. The summed E-state index contributed by atoms with van der Waals surface area (Å²) >= 11 is 5.91. The van der Waals surface area contributed by atoms with Gasteiger partial charge in [-0.05, 0) is 36.4 Å². The van der Waals surface area contributed by atoms with Crippen molar-refractivity contribution in [3.8, 4) is 5.75 Å². The lowest BCUT2D eigenvalue weighted by Gasteiger charge is -2.19. The number of hydrogen-bond acceptors (Lipinski definition) is 3. The number of hydrogen-bond donors (Lipinski definition) is 0. The van der Waals surface area contributed by atoms with Gasteiger partial charge in [0.15, 0.2) is 0 Å². The van der Waals surface area contributed by atoms with Crippen molar-refractivity contribution in [3.63, 3.8) is 0 Å². The largest absolute Gasteiger partial charge is 0.492 e. The number of halogens is 1. The number of carbonyl (C=O) groups is 1. The zero-order valence-corrected chi connectivity index (χ0v) is 14.4. The van der Waals surface area contributed by atoms with Gasteiger partial charge in [-0.15, -0.1) is 0 Å². The van der Waals surface area contributed by atoms with Crippen LogP contribution in [0.5, 0.6) is 5.75 Å². The van der Waals surface area contributed by atoms with E-state index < -0.39 is 0 Å². The van der Waals surface area contributed by atoms with Crippen LogP contribution in [0.3, 0.4) is 0 Å². The number of amides is 1. The number of rotatable bonds is 6. The monoisotopic (exact) mass is 332 g/mol. The van der Waals surface area contributed by atoms with Crippen LogP contribution in [0.4, 0.5) is 5.69 Å². The molecule has 0 N–H and O–H groups in total. The summed E-state index contributed by atoms with van der Waals surface area (Å²) in [6.07, 6.45) is 0. The van der Waals surface area contributed by atoms with E-state index in [1.165, 1.54) is 0 Å². The number of likely N-dealkylation sites (N-methyl/N-ethyl adjacent to an activating group) is 1. The number of anilines is 1. The van der Waals surface area contributed by atoms with Crippen LogP contribution in [0.25, 0.3) is 0 Å². The van der Waals surface area contributed by atoms with Crippen molar-refractivity contribution in [1.82, 2.24) is 4.90 Å². The molecule has 2 aromatic rings. The Morgan fingerprint density at radius 2 is 1.83 bits per heavy atom. The predicted octanol–water partition coefficient (Wildman–Crippen LogP) is 3.56. The van der Waals surface area contributed by atoms with Crippen LogP contribution >= 0.6 is 11.6 Å². The molecule has 0 aromatic heterocycles. The Morgan fingerprint density at radius 3 is 2.52 bits per heavy atom. The molecule has 0 unspecified atom stereocenters. The molecular formula is C18H21ClN2O2. The average Bonchev–Trinajstić information content (AvgIpc) is 2.54. The van der Waals surface area contributed by atoms with Crippen molar-refractivity contribution < 1.29 is 9.53 Å². The van der Waals surface area contributed by atoms with Gasteiger partial charge in [-0.2, -0.15) is 0 Å². The summed E-state index contributed by atoms with van der Waals surface area (Å²) in [6, 6.07) is 14.8. The summed E-state index contributed by atoms with van der Waals surface area (Å²) in [4.78, 5) is 16.1. The summed E-state index contributed by atoms with van der Waals surface area (Å²) in [5, 5.41) is 0.632. The minimum atomic E-state index is -0.0246. The van der Waals surface area contributed by atoms with Gasteiger partial charge in [-0.3, -0.25) is 4.79 Å². The van der Waals surface area contributed by atoms with E-state index in [1.54, 1.807) is 24.1 Å². The maximum absolute atomic E-state index is 12.4. The van der Waals surface area contributed by atoms with Gasteiger partial charge in [0.2, 0.25) is 0 Å². The molecule has 0 aliphatic rings. The van der Waals surface area contributed by atoms with E-state index in [0.29, 0.717) is 29.5 Å². The fourth-order valence-corrected chi connectivity index (χ4v) is 2.28. The molecule has 4 nitrogen and oxygen atoms in total. The molecule has 0 radical (unpaired) electrons. The third-order valence-corrected chi connectivity index (χ3v) is 3.68. The second-order valence-corrected chi connectivity index (χ2v) is 5.91. The molecule has 0 saturated heterocycles. The first-order valence-corrected chi connectivity index (χ1v) is 7.76. The molecule has 0 bridgehead atoms. The highest BCUT2D eigenvalue weighted by atomic mass is 35.5. The van der Waals surface area contributed by atoms with E-state index in [-0.39, 0.29) is 5.91 Å². The van der Waals surface area contributed by atoms with E-state index >= 15 is 0 Å². The molecule has 23 heavy (non-hydrogen) atoms. The molecule has 0 aliphatic carbocycles. The quantitative estimate of drug-likeness (QED) is 0.811. The number of carbonyl (C=O) groups excluding carboxylic acids is 1. The third kappa shape index (κ3) is 4.89. The van der Waals surface area contributed by atoms with Crippen LogP contribution in [0, 0.1) is 0 Å². The highest BCUT2D eigenvalue weighted by molar-refractivity contribution is 6.30. The van der Waals surface area contributed by atoms with Gasteiger partial charge in [0.05, 0.1) is 6.54 Å². The van der Waals surface area contributed by atoms with Crippen LogP contribution in [0.2, 0.25) is 5.02 Å². The van der Waals surface area contributed by atoms with Crippen molar-refractivity contribution in [2.24, 2.45) is 0 Å². The molecule has 0 spiro atoms. The fraction of sp³-hybridized carbons (Fsp3) is 0.278. The number of nitrogens with zero attached hydrogens (tertiary/aromatic N) is 2. The molecular weight excluding hydrogens is 312 g/mol. The van der Waals surface area contributed by atoms with Crippen LogP contribution in [-0.2, 0) is 0 Å². The first-order valence-electron chi connectivity index (χ1n) is 7.38. The summed E-state index contributed by atoms with van der Waals surface area (Å²) in [5.41, 5.74) is 1.67. The van der Waals surface area contributed by atoms with E-state index in [4.69, 9.17) is 16.3 Å².